The Hall–Kier alpha value is 0. The number of hydrogen-bond donors (Lipinski definition) is 0. The van der Waals surface area contributed by atoms with Crippen LogP contribution in [-0.4, -0.2) is 0 Å². The van der Waals surface area contributed by atoms with Crippen LogP contribution in [0.25, 0.3) is 0 Å². The molecule has 1 aliphatic rings. The van der Waals surface area contributed by atoms with Crippen LogP contribution >= 0.6 is 0 Å². The Balaban J connectivity index is 2.49. The maximum Gasteiger partial charge on any atom is -0.0300 e. The first-order chi connectivity index (χ1) is 7.71. The molecular formula is C16H32. The average molecular weight is 224 g/mol. The van der Waals surface area contributed by atoms with Crippen molar-refractivity contribution in [3.63, 3.8) is 0 Å². The van der Waals surface area contributed by atoms with Crippen molar-refractivity contribution in [3.05, 3.63) is 0 Å². The van der Waals surface area contributed by atoms with Gasteiger partial charge in [0.1, 0.15) is 0 Å². The van der Waals surface area contributed by atoms with Crippen molar-refractivity contribution in [2.45, 2.75) is 85.5 Å². The van der Waals surface area contributed by atoms with Crippen molar-refractivity contribution >= 4 is 0 Å². The molecule has 1 rings (SSSR count). The second-order valence-electron chi connectivity index (χ2n) is 6.02. The molecule has 0 N–H and O–H groups in total. The monoisotopic (exact) mass is 224 g/mol. The minimum Gasteiger partial charge on any atom is -0.0654 e. The van der Waals surface area contributed by atoms with Crippen molar-refractivity contribution in [3.8, 4) is 0 Å². The third kappa shape index (κ3) is 3.25. The molecule has 0 aromatic rings. The van der Waals surface area contributed by atoms with Crippen molar-refractivity contribution < 1.29 is 0 Å². The molecule has 0 aliphatic heterocycles. The summed E-state index contributed by atoms with van der Waals surface area (Å²) in [5.41, 5.74) is 0.726. The summed E-state index contributed by atoms with van der Waals surface area (Å²) in [5.74, 6) is 2.08. The molecule has 1 aliphatic carbocycles. The molecule has 2 unspecified atom stereocenters. The zero-order valence-electron chi connectivity index (χ0n) is 12.0. The summed E-state index contributed by atoms with van der Waals surface area (Å²) < 4.78 is 0. The standard InChI is InChI=1S/C16H32/c1-5-9-10-14(6-2)15-11-12-16(7-3,8-4)13-15/h14-15H,5-13H2,1-4H3. The van der Waals surface area contributed by atoms with Gasteiger partial charge in [-0.25, -0.2) is 0 Å². The number of unbranched alkanes of at least 4 members (excludes halogenated alkanes) is 1. The van der Waals surface area contributed by atoms with Crippen molar-refractivity contribution in [1.82, 2.24) is 0 Å². The Kier molecular flexibility index (Phi) is 5.86. The van der Waals surface area contributed by atoms with E-state index in [1.54, 1.807) is 0 Å². The van der Waals surface area contributed by atoms with Crippen LogP contribution in [0, 0.1) is 17.3 Å². The van der Waals surface area contributed by atoms with Gasteiger partial charge in [0.2, 0.25) is 0 Å². The third-order valence-corrected chi connectivity index (χ3v) is 5.36. The zero-order chi connectivity index (χ0) is 12.0. The van der Waals surface area contributed by atoms with E-state index in [0.29, 0.717) is 0 Å². The van der Waals surface area contributed by atoms with Gasteiger partial charge in [-0.15, -0.1) is 0 Å². The largest absolute Gasteiger partial charge is 0.0654 e. The van der Waals surface area contributed by atoms with Crippen molar-refractivity contribution in [2.24, 2.45) is 17.3 Å². The Labute approximate surface area is 103 Å². The van der Waals surface area contributed by atoms with Gasteiger partial charge in [-0.2, -0.15) is 0 Å². The maximum absolute atomic E-state index is 2.40. The third-order valence-electron chi connectivity index (χ3n) is 5.36. The molecule has 0 aromatic heterocycles. The fraction of sp³-hybridized carbons (Fsp3) is 1.00. The quantitative estimate of drug-likeness (QED) is 0.512. The molecule has 0 saturated heterocycles. The van der Waals surface area contributed by atoms with Gasteiger partial charge < -0.3 is 0 Å². The number of rotatable bonds is 7. The van der Waals surface area contributed by atoms with Crippen LogP contribution in [0.5, 0.6) is 0 Å². The van der Waals surface area contributed by atoms with Crippen LogP contribution in [0.1, 0.15) is 85.5 Å². The van der Waals surface area contributed by atoms with Crippen LogP contribution in [0.2, 0.25) is 0 Å². The van der Waals surface area contributed by atoms with Crippen molar-refractivity contribution in [1.29, 1.82) is 0 Å². The van der Waals surface area contributed by atoms with Gasteiger partial charge in [0.25, 0.3) is 0 Å². The highest BCUT2D eigenvalue weighted by atomic mass is 14.4. The second-order valence-corrected chi connectivity index (χ2v) is 6.02. The molecule has 0 spiro atoms. The van der Waals surface area contributed by atoms with Crippen LogP contribution < -0.4 is 0 Å². The predicted molar refractivity (Wildman–Crippen MR) is 73.7 cm³/mol. The first-order valence-electron chi connectivity index (χ1n) is 7.71. The minimum absolute atomic E-state index is 0.726. The van der Waals surface area contributed by atoms with E-state index < -0.39 is 0 Å². The Bertz CT molecular complexity index is 178. The average Bonchev–Trinajstić information content (AvgIpc) is 2.75. The topological polar surface area (TPSA) is 0 Å². The molecule has 1 fully saturated rings. The van der Waals surface area contributed by atoms with Crippen molar-refractivity contribution in [2.75, 3.05) is 0 Å². The maximum atomic E-state index is 2.40. The van der Waals surface area contributed by atoms with Gasteiger partial charge in [0.05, 0.1) is 0 Å². The van der Waals surface area contributed by atoms with E-state index in [1.165, 1.54) is 57.8 Å². The van der Waals surface area contributed by atoms with E-state index in [2.05, 4.69) is 27.7 Å². The molecule has 0 amide bonds. The molecule has 16 heavy (non-hydrogen) atoms. The molecule has 0 nitrogen and oxygen atoms in total. The van der Waals surface area contributed by atoms with Gasteiger partial charge in [-0.3, -0.25) is 0 Å². The van der Waals surface area contributed by atoms with Gasteiger partial charge in [-0.05, 0) is 36.5 Å². The molecule has 0 bridgehead atoms. The smallest absolute Gasteiger partial charge is 0.0300 e. The fourth-order valence-corrected chi connectivity index (χ4v) is 3.79. The first kappa shape index (κ1) is 14.1. The molecule has 96 valence electrons. The minimum atomic E-state index is 0.726. The van der Waals surface area contributed by atoms with Crippen LogP contribution in [0.15, 0.2) is 0 Å². The predicted octanol–water partition coefficient (Wildman–Crippen LogP) is 5.81. The van der Waals surface area contributed by atoms with E-state index in [0.717, 1.165) is 17.3 Å². The highest BCUT2D eigenvalue weighted by molar-refractivity contribution is 4.89. The number of hydrogen-bond acceptors (Lipinski definition) is 0. The summed E-state index contributed by atoms with van der Waals surface area (Å²) in [5, 5.41) is 0. The fourth-order valence-electron chi connectivity index (χ4n) is 3.79. The molecule has 1 saturated carbocycles. The van der Waals surface area contributed by atoms with E-state index in [-0.39, 0.29) is 0 Å². The summed E-state index contributed by atoms with van der Waals surface area (Å²) in [4.78, 5) is 0. The molecule has 2 atom stereocenters. The summed E-state index contributed by atoms with van der Waals surface area (Å²) in [6, 6.07) is 0. The highest BCUT2D eigenvalue weighted by Gasteiger charge is 2.38. The van der Waals surface area contributed by atoms with Gasteiger partial charge in [0, 0.05) is 0 Å². The molecule has 0 radical (unpaired) electrons. The van der Waals surface area contributed by atoms with Crippen LogP contribution in [-0.2, 0) is 0 Å². The summed E-state index contributed by atoms with van der Waals surface area (Å²) in [6.45, 7) is 9.53. The van der Waals surface area contributed by atoms with E-state index in [9.17, 15) is 0 Å². The molecule has 0 aromatic carbocycles. The van der Waals surface area contributed by atoms with Crippen LogP contribution in [0.4, 0.5) is 0 Å². The SMILES string of the molecule is CCCCC(CC)C1CCC(CC)(CC)C1. The lowest BCUT2D eigenvalue weighted by Crippen LogP contribution is -2.17. The van der Waals surface area contributed by atoms with Gasteiger partial charge in [-0.1, -0.05) is 66.2 Å². The van der Waals surface area contributed by atoms with E-state index in [4.69, 9.17) is 0 Å². The summed E-state index contributed by atoms with van der Waals surface area (Å²) >= 11 is 0. The molecule has 0 heterocycles. The summed E-state index contributed by atoms with van der Waals surface area (Å²) in [6.07, 6.45) is 13.1. The Morgan fingerprint density at radius 2 is 1.81 bits per heavy atom. The van der Waals surface area contributed by atoms with Crippen LogP contribution in [0.3, 0.4) is 0 Å². The lowest BCUT2D eigenvalue weighted by molar-refractivity contribution is 0.227. The van der Waals surface area contributed by atoms with Gasteiger partial charge in [0.15, 0.2) is 0 Å². The Morgan fingerprint density at radius 1 is 1.12 bits per heavy atom. The first-order valence-corrected chi connectivity index (χ1v) is 7.71. The highest BCUT2D eigenvalue weighted by Crippen LogP contribution is 2.50. The zero-order valence-corrected chi connectivity index (χ0v) is 12.0. The summed E-state index contributed by atoms with van der Waals surface area (Å²) in [7, 11) is 0. The van der Waals surface area contributed by atoms with Gasteiger partial charge >= 0.3 is 0 Å². The normalized spacial score (nSPS) is 25.9. The Morgan fingerprint density at radius 3 is 2.25 bits per heavy atom. The molecule has 0 heteroatoms. The van der Waals surface area contributed by atoms with E-state index in [1.807, 2.05) is 0 Å². The lowest BCUT2D eigenvalue weighted by Gasteiger charge is -2.28. The molecular weight excluding hydrogens is 192 g/mol. The second kappa shape index (κ2) is 6.67. The lowest BCUT2D eigenvalue weighted by atomic mass is 9.77. The van der Waals surface area contributed by atoms with E-state index >= 15 is 0 Å².